The summed E-state index contributed by atoms with van der Waals surface area (Å²) in [5.41, 5.74) is -4.73. The maximum Gasteiger partial charge on any atom is 0.422 e. The van der Waals surface area contributed by atoms with Crippen LogP contribution in [0.4, 0.5) is 38.0 Å². The molecule has 174 valence electrons. The zero-order valence-electron chi connectivity index (χ0n) is 16.7. The van der Waals surface area contributed by atoms with E-state index in [1.807, 2.05) is 0 Å². The van der Waals surface area contributed by atoms with Gasteiger partial charge in [0.05, 0.1) is 22.7 Å². The Hall–Kier alpha value is -2.83. The summed E-state index contributed by atoms with van der Waals surface area (Å²) in [5, 5.41) is 19.3. The van der Waals surface area contributed by atoms with Gasteiger partial charge in [-0.05, 0) is 25.0 Å². The molecule has 1 amide bonds. The highest BCUT2D eigenvalue weighted by Gasteiger charge is 2.65. The molecule has 0 saturated carbocycles. The minimum atomic E-state index is -5.11. The van der Waals surface area contributed by atoms with Crippen LogP contribution >= 0.6 is 0 Å². The Morgan fingerprint density at radius 1 is 1.16 bits per heavy atom. The second-order valence-corrected chi connectivity index (χ2v) is 8.00. The van der Waals surface area contributed by atoms with Gasteiger partial charge in [0.25, 0.3) is 0 Å². The van der Waals surface area contributed by atoms with Crippen molar-refractivity contribution < 1.29 is 36.2 Å². The number of nitrogens with zero attached hydrogens (tertiary/aromatic N) is 3. The van der Waals surface area contributed by atoms with Gasteiger partial charge in [-0.2, -0.15) is 31.4 Å². The van der Waals surface area contributed by atoms with Crippen LogP contribution in [0.3, 0.4) is 0 Å². The average Bonchev–Trinajstić information content (AvgIpc) is 3.15. The van der Waals surface area contributed by atoms with Crippen molar-refractivity contribution in [2.45, 2.75) is 43.6 Å². The quantitative estimate of drug-likeness (QED) is 0.593. The molecular formula is C19H19F6N5O2. The third-order valence-corrected chi connectivity index (χ3v) is 6.16. The number of amides is 1. The van der Waals surface area contributed by atoms with E-state index in [0.717, 1.165) is 19.2 Å². The van der Waals surface area contributed by atoms with E-state index in [1.165, 1.54) is 6.07 Å². The third-order valence-electron chi connectivity index (χ3n) is 6.16. The molecule has 4 rings (SSSR count). The van der Waals surface area contributed by atoms with Crippen LogP contribution in [0.15, 0.2) is 18.3 Å². The fourth-order valence-corrected chi connectivity index (χ4v) is 4.28. The average molecular weight is 463 g/mol. The van der Waals surface area contributed by atoms with Gasteiger partial charge in [0, 0.05) is 25.2 Å². The van der Waals surface area contributed by atoms with E-state index < -0.39 is 46.8 Å². The van der Waals surface area contributed by atoms with Gasteiger partial charge in [-0.3, -0.25) is 9.89 Å². The van der Waals surface area contributed by atoms with Crippen LogP contribution in [0.5, 0.6) is 0 Å². The number of rotatable bonds is 2. The van der Waals surface area contributed by atoms with E-state index in [-0.39, 0.29) is 11.5 Å². The van der Waals surface area contributed by atoms with E-state index in [1.54, 1.807) is 4.90 Å². The summed E-state index contributed by atoms with van der Waals surface area (Å²) in [6.45, 7) is 1.63. The van der Waals surface area contributed by atoms with Crippen LogP contribution in [0, 0.1) is 5.92 Å². The van der Waals surface area contributed by atoms with Gasteiger partial charge >= 0.3 is 12.4 Å². The number of aliphatic hydroxyl groups is 1. The molecular weight excluding hydrogens is 444 g/mol. The van der Waals surface area contributed by atoms with Crippen molar-refractivity contribution in [3.8, 4) is 0 Å². The van der Waals surface area contributed by atoms with Crippen molar-refractivity contribution in [1.29, 1.82) is 0 Å². The number of fused-ring (bicyclic) bond motifs is 1. The van der Waals surface area contributed by atoms with Crippen LogP contribution in [-0.4, -0.2) is 45.5 Å². The summed E-state index contributed by atoms with van der Waals surface area (Å²) < 4.78 is 79.8. The molecule has 32 heavy (non-hydrogen) atoms. The molecule has 0 bridgehead atoms. The highest BCUT2D eigenvalue weighted by Crippen LogP contribution is 2.52. The molecule has 1 fully saturated rings. The maximum atomic E-state index is 13.9. The lowest BCUT2D eigenvalue weighted by atomic mass is 9.75. The second kappa shape index (κ2) is 7.36. The molecule has 13 heteroatoms. The first-order valence-corrected chi connectivity index (χ1v) is 9.81. The number of hydrogen-bond acceptors (Lipinski definition) is 5. The summed E-state index contributed by atoms with van der Waals surface area (Å²) >= 11 is 0. The maximum absolute atomic E-state index is 13.9. The van der Waals surface area contributed by atoms with Crippen molar-refractivity contribution in [3.63, 3.8) is 0 Å². The van der Waals surface area contributed by atoms with Crippen molar-refractivity contribution >= 4 is 17.5 Å². The number of halogens is 6. The number of piperidine rings is 1. The van der Waals surface area contributed by atoms with Crippen LogP contribution in [0.1, 0.15) is 42.5 Å². The van der Waals surface area contributed by atoms with Crippen molar-refractivity contribution in [3.05, 3.63) is 35.2 Å². The Balaban J connectivity index is 1.57. The Bertz CT molecular complexity index is 1010. The first-order chi connectivity index (χ1) is 14.8. The van der Waals surface area contributed by atoms with Crippen LogP contribution in [-0.2, 0) is 16.6 Å². The number of alkyl halides is 6. The number of nitrogens with one attached hydrogen (secondary N) is 2. The van der Waals surface area contributed by atoms with Gasteiger partial charge in [0.2, 0.25) is 11.5 Å². The predicted octanol–water partition coefficient (Wildman–Crippen LogP) is 3.55. The van der Waals surface area contributed by atoms with Gasteiger partial charge in [-0.25, -0.2) is 4.98 Å². The number of aromatic nitrogens is 3. The molecule has 2 unspecified atom stereocenters. The van der Waals surface area contributed by atoms with Gasteiger partial charge in [-0.15, -0.1) is 0 Å². The highest BCUT2D eigenvalue weighted by molar-refractivity contribution is 5.96. The molecule has 0 radical (unpaired) electrons. The molecule has 7 nitrogen and oxygen atoms in total. The molecule has 4 heterocycles. The van der Waals surface area contributed by atoms with Crippen LogP contribution in [0.25, 0.3) is 0 Å². The van der Waals surface area contributed by atoms with Gasteiger partial charge in [0.15, 0.2) is 0 Å². The van der Waals surface area contributed by atoms with E-state index in [9.17, 15) is 36.2 Å². The minimum Gasteiger partial charge on any atom is -0.376 e. The van der Waals surface area contributed by atoms with Crippen molar-refractivity contribution in [1.82, 2.24) is 15.2 Å². The Labute approximate surface area is 177 Å². The van der Waals surface area contributed by atoms with Crippen LogP contribution in [0.2, 0.25) is 0 Å². The first-order valence-electron chi connectivity index (χ1n) is 9.81. The zero-order valence-corrected chi connectivity index (χ0v) is 16.7. The van der Waals surface area contributed by atoms with Crippen molar-refractivity contribution in [2.24, 2.45) is 5.92 Å². The lowest BCUT2D eigenvalue weighted by Gasteiger charge is -2.40. The summed E-state index contributed by atoms with van der Waals surface area (Å²) in [6, 6.07) is 2.17. The molecule has 2 atom stereocenters. The number of H-pyrrole nitrogens is 1. The molecule has 2 aromatic rings. The van der Waals surface area contributed by atoms with E-state index >= 15 is 0 Å². The third kappa shape index (κ3) is 3.48. The summed E-state index contributed by atoms with van der Waals surface area (Å²) in [6.07, 6.45) is -8.21. The summed E-state index contributed by atoms with van der Waals surface area (Å²) in [5.74, 6) is -3.17. The Morgan fingerprint density at radius 2 is 1.81 bits per heavy atom. The van der Waals surface area contributed by atoms with E-state index in [0.29, 0.717) is 31.7 Å². The number of anilines is 2. The Kier molecular flexibility index (Phi) is 5.14. The molecule has 2 aromatic heterocycles. The number of carbonyl (C=O) groups excluding carboxylic acids is 1. The van der Waals surface area contributed by atoms with E-state index in [2.05, 4.69) is 20.5 Å². The lowest BCUT2D eigenvalue weighted by Crippen LogP contribution is -2.55. The van der Waals surface area contributed by atoms with Gasteiger partial charge < -0.3 is 15.3 Å². The van der Waals surface area contributed by atoms with Crippen molar-refractivity contribution in [2.75, 3.05) is 23.3 Å². The number of aromatic amines is 1. The molecule has 2 aliphatic rings. The monoisotopic (exact) mass is 463 g/mol. The molecule has 0 aromatic carbocycles. The molecule has 1 saturated heterocycles. The highest BCUT2D eigenvalue weighted by atomic mass is 19.4. The van der Waals surface area contributed by atoms with E-state index in [4.69, 9.17) is 0 Å². The number of carbonyl (C=O) groups is 1. The fraction of sp³-hybridized carbons (Fsp3) is 0.526. The Morgan fingerprint density at radius 3 is 2.34 bits per heavy atom. The van der Waals surface area contributed by atoms with Gasteiger partial charge in [0.1, 0.15) is 11.6 Å². The smallest absolute Gasteiger partial charge is 0.376 e. The summed E-state index contributed by atoms with van der Waals surface area (Å²) in [4.78, 5) is 17.6. The minimum absolute atomic E-state index is 0.0201. The number of hydrogen-bond donors (Lipinski definition) is 3. The second-order valence-electron chi connectivity index (χ2n) is 8.00. The normalized spacial score (nSPS) is 24.9. The fourth-order valence-electron chi connectivity index (χ4n) is 4.28. The summed E-state index contributed by atoms with van der Waals surface area (Å²) in [7, 11) is 0. The standard InChI is InChI=1S/C19H19F6N5O2/c1-9-16(31)27-15-13(17(9,32)19(23,24)25)14(28-29-15)10-4-6-30(7-5-10)12-3-2-11(8-26-12)18(20,21)22/h2-3,8-10,32H,4-7H2,1H3,(H2,27,28,29,31). The largest absolute Gasteiger partial charge is 0.422 e. The van der Waals surface area contributed by atoms with Crippen LogP contribution < -0.4 is 10.2 Å². The molecule has 2 aliphatic heterocycles. The first kappa shape index (κ1) is 22.4. The zero-order chi connectivity index (χ0) is 23.5. The molecule has 3 N–H and O–H groups in total. The topological polar surface area (TPSA) is 94.1 Å². The predicted molar refractivity (Wildman–Crippen MR) is 99.8 cm³/mol. The SMILES string of the molecule is CC1C(=O)Nc2[nH]nc(C3CCN(c4ccc(C(F)(F)F)cn4)CC3)c2C1(O)C(F)(F)F. The molecule has 0 spiro atoms. The lowest BCUT2D eigenvalue weighted by molar-refractivity contribution is -0.282. The number of pyridine rings is 1. The molecule has 0 aliphatic carbocycles. The van der Waals surface area contributed by atoms with Gasteiger partial charge in [-0.1, -0.05) is 6.92 Å².